The number of β-amino-alcohol motifs (C(OH)–C–C–N with tert-alkyl or cyclic N) is 1. The van der Waals surface area contributed by atoms with Crippen LogP contribution in [0.2, 0.25) is 0 Å². The molecule has 1 fully saturated rings. The molecule has 2 heterocycles. The van der Waals surface area contributed by atoms with Gasteiger partial charge in [-0.05, 0) is 13.3 Å². The predicted octanol–water partition coefficient (Wildman–Crippen LogP) is 0.133. The maximum atomic E-state index is 12.0. The van der Waals surface area contributed by atoms with Gasteiger partial charge in [0.15, 0.2) is 0 Å². The first kappa shape index (κ1) is 12.5. The molecule has 0 aliphatic carbocycles. The fraction of sp³-hybridized carbons (Fsp3) is 0.636. The molecule has 17 heavy (non-hydrogen) atoms. The molecule has 1 aliphatic rings. The van der Waals surface area contributed by atoms with Crippen LogP contribution in [0.4, 0.5) is 0 Å². The standard InChI is InChI=1S/C11H17N3O2S/c1-7-12-5-9(17-7)6-14(2)11(16)10-3-8(15)4-13-10/h5,8,10,13,15H,3-4,6H2,1-2H3. The predicted molar refractivity (Wildman–Crippen MR) is 65.7 cm³/mol. The van der Waals surface area contributed by atoms with E-state index in [1.165, 1.54) is 0 Å². The summed E-state index contributed by atoms with van der Waals surface area (Å²) in [4.78, 5) is 19.0. The van der Waals surface area contributed by atoms with Crippen molar-refractivity contribution in [3.05, 3.63) is 16.1 Å². The van der Waals surface area contributed by atoms with Crippen LogP contribution in [-0.2, 0) is 11.3 Å². The second-order valence-electron chi connectivity index (χ2n) is 4.39. The Bertz CT molecular complexity index is 407. The molecule has 5 nitrogen and oxygen atoms in total. The average molecular weight is 255 g/mol. The van der Waals surface area contributed by atoms with Gasteiger partial charge in [0.2, 0.25) is 5.91 Å². The molecule has 6 heteroatoms. The van der Waals surface area contributed by atoms with E-state index in [4.69, 9.17) is 0 Å². The van der Waals surface area contributed by atoms with Gasteiger partial charge in [0.25, 0.3) is 0 Å². The van der Waals surface area contributed by atoms with Crippen LogP contribution in [-0.4, -0.2) is 46.6 Å². The summed E-state index contributed by atoms with van der Waals surface area (Å²) in [5, 5.41) is 13.4. The van der Waals surface area contributed by atoms with Gasteiger partial charge >= 0.3 is 0 Å². The lowest BCUT2D eigenvalue weighted by Gasteiger charge is -2.20. The van der Waals surface area contributed by atoms with E-state index in [9.17, 15) is 9.90 Å². The Morgan fingerprint density at radius 2 is 2.53 bits per heavy atom. The molecule has 0 saturated carbocycles. The van der Waals surface area contributed by atoms with E-state index >= 15 is 0 Å². The van der Waals surface area contributed by atoms with Crippen molar-refractivity contribution < 1.29 is 9.90 Å². The van der Waals surface area contributed by atoms with Crippen LogP contribution in [0.1, 0.15) is 16.3 Å². The second kappa shape index (κ2) is 5.12. The van der Waals surface area contributed by atoms with Crippen LogP contribution in [0.3, 0.4) is 0 Å². The summed E-state index contributed by atoms with van der Waals surface area (Å²) in [6, 6.07) is -0.246. The molecule has 2 rings (SSSR count). The third-order valence-corrected chi connectivity index (χ3v) is 3.74. The van der Waals surface area contributed by atoms with Crippen LogP contribution in [0, 0.1) is 6.92 Å². The first-order valence-electron chi connectivity index (χ1n) is 5.64. The molecule has 1 aromatic heterocycles. The SMILES string of the molecule is Cc1ncc(CN(C)C(=O)C2CC(O)CN2)s1. The minimum atomic E-state index is -0.400. The molecule has 1 aromatic rings. The van der Waals surface area contributed by atoms with Crippen molar-refractivity contribution in [3.63, 3.8) is 0 Å². The number of aryl methyl sites for hydroxylation is 1. The molecule has 94 valence electrons. The molecular weight excluding hydrogens is 238 g/mol. The van der Waals surface area contributed by atoms with Crippen LogP contribution in [0.15, 0.2) is 6.20 Å². The Hall–Kier alpha value is -0.980. The van der Waals surface area contributed by atoms with Crippen molar-refractivity contribution in [2.75, 3.05) is 13.6 Å². The van der Waals surface area contributed by atoms with E-state index in [-0.39, 0.29) is 11.9 Å². The smallest absolute Gasteiger partial charge is 0.239 e. The zero-order valence-corrected chi connectivity index (χ0v) is 10.8. The van der Waals surface area contributed by atoms with Crippen LogP contribution in [0.25, 0.3) is 0 Å². The van der Waals surface area contributed by atoms with E-state index < -0.39 is 6.10 Å². The first-order valence-corrected chi connectivity index (χ1v) is 6.45. The number of nitrogens with zero attached hydrogens (tertiary/aromatic N) is 2. The van der Waals surface area contributed by atoms with Gasteiger partial charge in [-0.25, -0.2) is 4.98 Å². The number of aromatic nitrogens is 1. The number of amides is 1. The number of likely N-dealkylation sites (N-methyl/N-ethyl adjacent to an activating group) is 1. The average Bonchev–Trinajstić information content (AvgIpc) is 2.87. The molecule has 1 amide bonds. The molecule has 2 unspecified atom stereocenters. The number of aliphatic hydroxyl groups is 1. The monoisotopic (exact) mass is 255 g/mol. The van der Waals surface area contributed by atoms with E-state index in [1.54, 1.807) is 29.5 Å². The van der Waals surface area contributed by atoms with Crippen molar-refractivity contribution in [1.82, 2.24) is 15.2 Å². The van der Waals surface area contributed by atoms with Gasteiger partial charge in [-0.15, -0.1) is 11.3 Å². The zero-order chi connectivity index (χ0) is 12.4. The summed E-state index contributed by atoms with van der Waals surface area (Å²) in [5.74, 6) is 0.0348. The van der Waals surface area contributed by atoms with E-state index in [0.717, 1.165) is 9.88 Å². The summed E-state index contributed by atoms with van der Waals surface area (Å²) < 4.78 is 0. The number of carbonyl (C=O) groups is 1. The van der Waals surface area contributed by atoms with Gasteiger partial charge < -0.3 is 15.3 Å². The molecule has 2 N–H and O–H groups in total. The maximum Gasteiger partial charge on any atom is 0.239 e. The van der Waals surface area contributed by atoms with Crippen LogP contribution < -0.4 is 5.32 Å². The van der Waals surface area contributed by atoms with Gasteiger partial charge in [0.1, 0.15) is 0 Å². The van der Waals surface area contributed by atoms with Crippen molar-refractivity contribution >= 4 is 17.2 Å². The van der Waals surface area contributed by atoms with Crippen LogP contribution >= 0.6 is 11.3 Å². The minimum absolute atomic E-state index is 0.0348. The highest BCUT2D eigenvalue weighted by Crippen LogP contribution is 2.15. The first-order chi connectivity index (χ1) is 8.06. The molecule has 2 atom stereocenters. The summed E-state index contributed by atoms with van der Waals surface area (Å²) in [7, 11) is 1.78. The van der Waals surface area contributed by atoms with Gasteiger partial charge in [-0.2, -0.15) is 0 Å². The highest BCUT2D eigenvalue weighted by Gasteiger charge is 2.30. The van der Waals surface area contributed by atoms with Crippen molar-refractivity contribution in [3.8, 4) is 0 Å². The molecule has 1 aliphatic heterocycles. The normalized spacial score (nSPS) is 23.9. The van der Waals surface area contributed by atoms with Crippen molar-refractivity contribution in [1.29, 1.82) is 0 Å². The molecule has 0 aromatic carbocycles. The highest BCUT2D eigenvalue weighted by molar-refractivity contribution is 7.11. The maximum absolute atomic E-state index is 12.0. The summed E-state index contributed by atoms with van der Waals surface area (Å²) >= 11 is 1.60. The quantitative estimate of drug-likeness (QED) is 0.806. The van der Waals surface area contributed by atoms with E-state index in [0.29, 0.717) is 19.5 Å². The Morgan fingerprint density at radius 1 is 1.76 bits per heavy atom. The van der Waals surface area contributed by atoms with Crippen LogP contribution in [0.5, 0.6) is 0 Å². The number of hydrogen-bond donors (Lipinski definition) is 2. The molecule has 1 saturated heterocycles. The fourth-order valence-electron chi connectivity index (χ4n) is 1.96. The van der Waals surface area contributed by atoms with E-state index in [2.05, 4.69) is 10.3 Å². The number of hydrogen-bond acceptors (Lipinski definition) is 5. The zero-order valence-electron chi connectivity index (χ0n) is 10.0. The van der Waals surface area contributed by atoms with E-state index in [1.807, 2.05) is 6.92 Å². The lowest BCUT2D eigenvalue weighted by atomic mass is 10.2. The number of nitrogens with one attached hydrogen (secondary N) is 1. The largest absolute Gasteiger partial charge is 0.392 e. The number of aliphatic hydroxyl groups excluding tert-OH is 1. The molecular formula is C11H17N3O2S. The van der Waals surface area contributed by atoms with Crippen molar-refractivity contribution in [2.24, 2.45) is 0 Å². The number of carbonyl (C=O) groups excluding carboxylic acids is 1. The second-order valence-corrected chi connectivity index (χ2v) is 5.71. The molecule has 0 spiro atoms. The van der Waals surface area contributed by atoms with Gasteiger partial charge in [-0.1, -0.05) is 0 Å². The third-order valence-electron chi connectivity index (χ3n) is 2.84. The number of rotatable bonds is 3. The minimum Gasteiger partial charge on any atom is -0.392 e. The summed E-state index contributed by atoms with van der Waals surface area (Å²) in [6.07, 6.45) is 1.91. The Labute approximate surface area is 104 Å². The lowest BCUT2D eigenvalue weighted by molar-refractivity contribution is -0.132. The van der Waals surface area contributed by atoms with Gasteiger partial charge in [0.05, 0.1) is 23.7 Å². The van der Waals surface area contributed by atoms with Crippen molar-refractivity contribution in [2.45, 2.75) is 32.0 Å². The third kappa shape index (κ3) is 3.02. The Morgan fingerprint density at radius 3 is 3.06 bits per heavy atom. The van der Waals surface area contributed by atoms with Gasteiger partial charge in [-0.3, -0.25) is 4.79 Å². The molecule has 0 radical (unpaired) electrons. The Balaban J connectivity index is 1.91. The fourth-order valence-corrected chi connectivity index (χ4v) is 2.81. The Kier molecular flexibility index (Phi) is 3.76. The highest BCUT2D eigenvalue weighted by atomic mass is 32.1. The molecule has 0 bridgehead atoms. The summed E-state index contributed by atoms with van der Waals surface area (Å²) in [5.41, 5.74) is 0. The topological polar surface area (TPSA) is 65.5 Å². The summed E-state index contributed by atoms with van der Waals surface area (Å²) in [6.45, 7) is 3.04. The van der Waals surface area contributed by atoms with Gasteiger partial charge in [0, 0.05) is 24.7 Å². The number of thiazole rings is 1. The lowest BCUT2D eigenvalue weighted by Crippen LogP contribution is -2.41.